The van der Waals surface area contributed by atoms with E-state index < -0.39 is 0 Å². The number of rotatable bonds is 4. The van der Waals surface area contributed by atoms with E-state index >= 15 is 0 Å². The van der Waals surface area contributed by atoms with Crippen molar-refractivity contribution in [2.45, 2.75) is 38.6 Å². The number of anilines is 1. The second kappa shape index (κ2) is 6.04. The molecule has 0 radical (unpaired) electrons. The molecule has 0 aromatic heterocycles. The molecule has 0 amide bonds. The van der Waals surface area contributed by atoms with Crippen LogP contribution < -0.4 is 15.4 Å². The Morgan fingerprint density at radius 3 is 2.75 bits per heavy atom. The van der Waals surface area contributed by atoms with Crippen molar-refractivity contribution in [3.63, 3.8) is 0 Å². The number of hydrogen-bond acceptors (Lipinski definition) is 3. The second-order valence-corrected chi connectivity index (χ2v) is 6.36. The average molecular weight is 276 g/mol. The van der Waals surface area contributed by atoms with Crippen LogP contribution in [0.2, 0.25) is 0 Å². The van der Waals surface area contributed by atoms with Crippen molar-refractivity contribution in [3.8, 4) is 5.75 Å². The number of methoxy groups -OCH3 is 1. The van der Waals surface area contributed by atoms with E-state index in [9.17, 15) is 0 Å². The molecule has 0 spiro atoms. The Bertz CT molecular complexity index is 448. The highest BCUT2D eigenvalue weighted by atomic mass is 16.5. The number of benzene rings is 1. The van der Waals surface area contributed by atoms with Gasteiger partial charge in [0.2, 0.25) is 0 Å². The fourth-order valence-corrected chi connectivity index (χ4v) is 3.68. The average Bonchev–Trinajstić information content (AvgIpc) is 2.49. The molecule has 3 heteroatoms. The first-order valence-corrected chi connectivity index (χ1v) is 7.61. The summed E-state index contributed by atoms with van der Waals surface area (Å²) in [6, 6.07) is 8.28. The van der Waals surface area contributed by atoms with Gasteiger partial charge in [0.25, 0.3) is 0 Å². The minimum Gasteiger partial charge on any atom is -0.497 e. The van der Waals surface area contributed by atoms with E-state index in [1.807, 2.05) is 12.1 Å². The molecule has 1 aromatic rings. The Hall–Kier alpha value is -1.22. The molecule has 3 nitrogen and oxygen atoms in total. The first-order chi connectivity index (χ1) is 9.53. The van der Waals surface area contributed by atoms with Gasteiger partial charge < -0.3 is 15.4 Å². The predicted octanol–water partition coefficient (Wildman–Crippen LogP) is 3.29. The minimum absolute atomic E-state index is 0.0596. The standard InChI is InChI=1S/C17H28N2O/c1-13-8-9-14(2)17(11-13,12-18)19(3)15-6-5-7-16(10-15)20-4/h5-7,10,13-14H,8-9,11-12,18H2,1-4H3. The van der Waals surface area contributed by atoms with E-state index in [1.165, 1.54) is 24.9 Å². The van der Waals surface area contributed by atoms with E-state index in [0.717, 1.165) is 11.7 Å². The summed E-state index contributed by atoms with van der Waals surface area (Å²) >= 11 is 0. The Kier molecular flexibility index (Phi) is 4.59. The van der Waals surface area contributed by atoms with Crippen molar-refractivity contribution in [3.05, 3.63) is 24.3 Å². The molecule has 1 saturated carbocycles. The van der Waals surface area contributed by atoms with Crippen molar-refractivity contribution in [1.82, 2.24) is 0 Å². The van der Waals surface area contributed by atoms with Crippen LogP contribution in [0.15, 0.2) is 24.3 Å². The zero-order chi connectivity index (χ0) is 14.8. The summed E-state index contributed by atoms with van der Waals surface area (Å²) in [4.78, 5) is 2.38. The highest BCUT2D eigenvalue weighted by Crippen LogP contribution is 2.42. The lowest BCUT2D eigenvalue weighted by molar-refractivity contribution is 0.162. The number of nitrogens with two attached hydrogens (primary N) is 1. The third-order valence-corrected chi connectivity index (χ3v) is 5.17. The Labute approximate surface area is 123 Å². The van der Waals surface area contributed by atoms with E-state index in [1.54, 1.807) is 7.11 Å². The van der Waals surface area contributed by atoms with Crippen LogP contribution in [-0.4, -0.2) is 26.2 Å². The molecule has 0 bridgehead atoms. The minimum atomic E-state index is 0.0596. The molecule has 1 aromatic carbocycles. The lowest BCUT2D eigenvalue weighted by Crippen LogP contribution is -2.59. The largest absolute Gasteiger partial charge is 0.497 e. The third kappa shape index (κ3) is 2.64. The van der Waals surface area contributed by atoms with Crippen LogP contribution in [0.4, 0.5) is 5.69 Å². The molecule has 3 unspecified atom stereocenters. The maximum absolute atomic E-state index is 6.23. The van der Waals surface area contributed by atoms with Crippen LogP contribution in [0.1, 0.15) is 33.1 Å². The van der Waals surface area contributed by atoms with Crippen molar-refractivity contribution in [2.75, 3.05) is 25.6 Å². The van der Waals surface area contributed by atoms with Gasteiger partial charge in [-0.15, -0.1) is 0 Å². The second-order valence-electron chi connectivity index (χ2n) is 6.36. The first-order valence-electron chi connectivity index (χ1n) is 7.61. The molecule has 0 heterocycles. The highest BCUT2D eigenvalue weighted by Gasteiger charge is 2.43. The van der Waals surface area contributed by atoms with Gasteiger partial charge in [-0.3, -0.25) is 0 Å². The predicted molar refractivity (Wildman–Crippen MR) is 85.4 cm³/mol. The molecule has 112 valence electrons. The van der Waals surface area contributed by atoms with Crippen LogP contribution in [0.25, 0.3) is 0 Å². The Morgan fingerprint density at radius 2 is 2.10 bits per heavy atom. The summed E-state index contributed by atoms with van der Waals surface area (Å²) in [7, 11) is 3.89. The van der Waals surface area contributed by atoms with Crippen LogP contribution in [0, 0.1) is 11.8 Å². The molecule has 20 heavy (non-hydrogen) atoms. The van der Waals surface area contributed by atoms with Crippen LogP contribution in [0.3, 0.4) is 0 Å². The van der Waals surface area contributed by atoms with E-state index in [-0.39, 0.29) is 5.54 Å². The smallest absolute Gasteiger partial charge is 0.120 e. The molecule has 2 N–H and O–H groups in total. The SMILES string of the molecule is COc1cccc(N(C)C2(CN)CC(C)CCC2C)c1. The third-order valence-electron chi connectivity index (χ3n) is 5.17. The maximum atomic E-state index is 6.23. The topological polar surface area (TPSA) is 38.5 Å². The number of likely N-dealkylation sites (N-methyl/N-ethyl adjacent to an activating group) is 1. The summed E-state index contributed by atoms with van der Waals surface area (Å²) in [5.74, 6) is 2.25. The molecule has 1 fully saturated rings. The summed E-state index contributed by atoms with van der Waals surface area (Å²) < 4.78 is 5.35. The monoisotopic (exact) mass is 276 g/mol. The van der Waals surface area contributed by atoms with Gasteiger partial charge in [0.15, 0.2) is 0 Å². The first kappa shape index (κ1) is 15.2. The Morgan fingerprint density at radius 1 is 1.35 bits per heavy atom. The zero-order valence-corrected chi connectivity index (χ0v) is 13.2. The van der Waals surface area contributed by atoms with E-state index in [4.69, 9.17) is 10.5 Å². The molecular weight excluding hydrogens is 248 g/mol. The van der Waals surface area contributed by atoms with E-state index in [0.29, 0.717) is 12.5 Å². The molecule has 3 atom stereocenters. The fraction of sp³-hybridized carbons (Fsp3) is 0.647. The fourth-order valence-electron chi connectivity index (χ4n) is 3.68. The van der Waals surface area contributed by atoms with Crippen molar-refractivity contribution < 1.29 is 4.74 Å². The zero-order valence-electron chi connectivity index (χ0n) is 13.2. The van der Waals surface area contributed by atoms with Gasteiger partial charge in [-0.05, 0) is 36.8 Å². The normalized spacial score (nSPS) is 30.1. The molecule has 2 rings (SSSR count). The maximum Gasteiger partial charge on any atom is 0.120 e. The summed E-state index contributed by atoms with van der Waals surface area (Å²) in [5.41, 5.74) is 7.48. The number of nitrogens with zero attached hydrogens (tertiary/aromatic N) is 1. The molecule has 0 saturated heterocycles. The van der Waals surface area contributed by atoms with Gasteiger partial charge in [0.05, 0.1) is 12.6 Å². The molecule has 1 aliphatic carbocycles. The van der Waals surface area contributed by atoms with Crippen LogP contribution in [0.5, 0.6) is 5.75 Å². The molecule has 1 aliphatic rings. The summed E-state index contributed by atoms with van der Waals surface area (Å²) in [5, 5.41) is 0. The molecule has 0 aliphatic heterocycles. The van der Waals surface area contributed by atoms with Crippen molar-refractivity contribution >= 4 is 5.69 Å². The van der Waals surface area contributed by atoms with Gasteiger partial charge in [0, 0.05) is 25.3 Å². The quantitative estimate of drug-likeness (QED) is 0.917. The van der Waals surface area contributed by atoms with Gasteiger partial charge >= 0.3 is 0 Å². The van der Waals surface area contributed by atoms with Crippen LogP contribution >= 0.6 is 0 Å². The van der Waals surface area contributed by atoms with E-state index in [2.05, 4.69) is 37.9 Å². The number of hydrogen-bond donors (Lipinski definition) is 1. The van der Waals surface area contributed by atoms with Gasteiger partial charge in [-0.2, -0.15) is 0 Å². The molecular formula is C17H28N2O. The number of ether oxygens (including phenoxy) is 1. The van der Waals surface area contributed by atoms with Crippen molar-refractivity contribution in [2.24, 2.45) is 17.6 Å². The summed E-state index contributed by atoms with van der Waals surface area (Å²) in [6.45, 7) is 5.39. The highest BCUT2D eigenvalue weighted by molar-refractivity contribution is 5.53. The summed E-state index contributed by atoms with van der Waals surface area (Å²) in [6.07, 6.45) is 3.74. The van der Waals surface area contributed by atoms with Crippen molar-refractivity contribution in [1.29, 1.82) is 0 Å². The van der Waals surface area contributed by atoms with Crippen LogP contribution in [-0.2, 0) is 0 Å². The van der Waals surface area contributed by atoms with Gasteiger partial charge in [-0.1, -0.05) is 26.3 Å². The lowest BCUT2D eigenvalue weighted by atomic mass is 9.68. The van der Waals surface area contributed by atoms with Gasteiger partial charge in [0.1, 0.15) is 5.75 Å². The Balaban J connectivity index is 2.33. The van der Waals surface area contributed by atoms with Gasteiger partial charge in [-0.25, -0.2) is 0 Å². The lowest BCUT2D eigenvalue weighted by Gasteiger charge is -2.51.